The van der Waals surface area contributed by atoms with Crippen LogP contribution in [0.15, 0.2) is 30.6 Å². The number of hydrogen-bond acceptors (Lipinski definition) is 5. The summed E-state index contributed by atoms with van der Waals surface area (Å²) in [7, 11) is 3.65. The van der Waals surface area contributed by atoms with Crippen LogP contribution in [0.3, 0.4) is 0 Å². The maximum atomic E-state index is 14.1. The number of H-pyrrole nitrogens is 1. The Morgan fingerprint density at radius 1 is 1.28 bits per heavy atom. The maximum absolute atomic E-state index is 14.1. The molecular weight excluding hydrogens is 369 g/mol. The highest BCUT2D eigenvalue weighted by Gasteiger charge is 2.26. The van der Waals surface area contributed by atoms with Crippen molar-refractivity contribution in [3.05, 3.63) is 58.8 Å². The summed E-state index contributed by atoms with van der Waals surface area (Å²) < 4.78 is 15.7. The minimum absolute atomic E-state index is 0.0839. The number of aryl methyl sites for hydroxylation is 1. The van der Waals surface area contributed by atoms with E-state index in [1.54, 1.807) is 24.0 Å². The first-order valence-corrected chi connectivity index (χ1v) is 9.29. The molecule has 1 aliphatic heterocycles. The van der Waals surface area contributed by atoms with Gasteiger partial charge >= 0.3 is 0 Å². The van der Waals surface area contributed by atoms with Gasteiger partial charge in [0.05, 0.1) is 17.5 Å². The zero-order valence-electron chi connectivity index (χ0n) is 16.2. The van der Waals surface area contributed by atoms with Crippen molar-refractivity contribution in [2.24, 2.45) is 7.05 Å². The van der Waals surface area contributed by atoms with E-state index in [1.807, 2.05) is 31.1 Å². The number of aromatic amines is 1. The number of nitrogens with one attached hydrogen (secondary N) is 1. The molecular formula is C21H18FN7. The highest BCUT2D eigenvalue weighted by Crippen LogP contribution is 2.37. The summed E-state index contributed by atoms with van der Waals surface area (Å²) in [4.78, 5) is 14.5. The summed E-state index contributed by atoms with van der Waals surface area (Å²) in [6, 6.07) is 7.11. The monoisotopic (exact) mass is 387 g/mol. The van der Waals surface area contributed by atoms with Crippen LogP contribution in [-0.4, -0.2) is 31.8 Å². The standard InChI is InChI=1S/C21H18FN7/c1-11-14-6-13(22)5-4-12(14)10-28(2)21-18(17(7-23)29(3)27-21)16-9-25-20-19(26-16)15(11)8-24-20/h4-6,8-9,11H,10H2,1-3H3,(H,24,25)/t11-/m1/s1. The molecule has 1 aliphatic rings. The first-order valence-electron chi connectivity index (χ1n) is 9.29. The second kappa shape index (κ2) is 6.14. The van der Waals surface area contributed by atoms with Gasteiger partial charge in [-0.25, -0.2) is 14.4 Å². The van der Waals surface area contributed by atoms with E-state index in [0.717, 1.165) is 16.7 Å². The average Bonchev–Trinajstić information content (AvgIpc) is 3.28. The lowest BCUT2D eigenvalue weighted by atomic mass is 9.90. The van der Waals surface area contributed by atoms with Crippen molar-refractivity contribution in [2.45, 2.75) is 19.4 Å². The van der Waals surface area contributed by atoms with Gasteiger partial charge in [0.15, 0.2) is 11.5 Å². The van der Waals surface area contributed by atoms with Crippen LogP contribution in [0.5, 0.6) is 0 Å². The molecule has 4 aromatic rings. The van der Waals surface area contributed by atoms with Gasteiger partial charge in [-0.15, -0.1) is 0 Å². The molecule has 0 saturated heterocycles. The molecule has 1 N–H and O–H groups in total. The van der Waals surface area contributed by atoms with Crippen LogP contribution in [-0.2, 0) is 13.6 Å². The number of nitriles is 1. The Hall–Kier alpha value is -3.73. The lowest BCUT2D eigenvalue weighted by molar-refractivity contribution is 0.622. The van der Waals surface area contributed by atoms with Gasteiger partial charge in [0.1, 0.15) is 23.1 Å². The van der Waals surface area contributed by atoms with Crippen molar-refractivity contribution >= 4 is 17.0 Å². The number of aromatic nitrogens is 5. The highest BCUT2D eigenvalue weighted by atomic mass is 19.1. The topological polar surface area (TPSA) is 86.4 Å². The Morgan fingerprint density at radius 2 is 2.10 bits per heavy atom. The van der Waals surface area contributed by atoms with Crippen LogP contribution in [0.25, 0.3) is 22.4 Å². The van der Waals surface area contributed by atoms with Crippen molar-refractivity contribution in [1.82, 2.24) is 24.7 Å². The molecule has 8 heteroatoms. The van der Waals surface area contributed by atoms with Gasteiger partial charge in [-0.05, 0) is 23.3 Å². The summed E-state index contributed by atoms with van der Waals surface area (Å²) in [5.74, 6) is 0.281. The van der Waals surface area contributed by atoms with Crippen LogP contribution in [0, 0.1) is 17.1 Å². The van der Waals surface area contributed by atoms with Gasteiger partial charge in [0.2, 0.25) is 0 Å². The summed E-state index contributed by atoms with van der Waals surface area (Å²) in [5.41, 5.74) is 5.86. The first-order chi connectivity index (χ1) is 14.0. The Labute approximate surface area is 166 Å². The highest BCUT2D eigenvalue weighted by molar-refractivity contribution is 5.84. The van der Waals surface area contributed by atoms with Crippen LogP contribution in [0.2, 0.25) is 0 Å². The van der Waals surface area contributed by atoms with E-state index in [0.29, 0.717) is 40.5 Å². The van der Waals surface area contributed by atoms with E-state index in [2.05, 4.69) is 21.1 Å². The molecule has 1 aromatic carbocycles. The third kappa shape index (κ3) is 2.51. The lowest BCUT2D eigenvalue weighted by Gasteiger charge is -2.22. The number of nitrogens with zero attached hydrogens (tertiary/aromatic N) is 6. The molecule has 0 saturated carbocycles. The molecule has 3 aromatic heterocycles. The molecule has 0 aliphatic carbocycles. The fourth-order valence-corrected chi connectivity index (χ4v) is 4.11. The van der Waals surface area contributed by atoms with Gasteiger partial charge < -0.3 is 9.88 Å². The Bertz CT molecular complexity index is 1310. The van der Waals surface area contributed by atoms with E-state index < -0.39 is 0 Å². The lowest BCUT2D eigenvalue weighted by Crippen LogP contribution is -2.19. The van der Waals surface area contributed by atoms with Crippen molar-refractivity contribution in [3.8, 4) is 17.3 Å². The van der Waals surface area contributed by atoms with Gasteiger partial charge in [0, 0.05) is 38.3 Å². The molecule has 29 heavy (non-hydrogen) atoms. The normalized spacial score (nSPS) is 15.7. The van der Waals surface area contributed by atoms with E-state index in [1.165, 1.54) is 6.07 Å². The van der Waals surface area contributed by atoms with Crippen molar-refractivity contribution < 1.29 is 4.39 Å². The van der Waals surface area contributed by atoms with Gasteiger partial charge in [-0.1, -0.05) is 13.0 Å². The molecule has 0 spiro atoms. The first kappa shape index (κ1) is 17.4. The number of fused-ring (bicyclic) bond motifs is 4. The second-order valence-electron chi connectivity index (χ2n) is 7.40. The number of rotatable bonds is 0. The zero-order valence-corrected chi connectivity index (χ0v) is 16.2. The van der Waals surface area contributed by atoms with E-state index in [9.17, 15) is 9.65 Å². The average molecular weight is 387 g/mol. The number of benzene rings is 1. The zero-order chi connectivity index (χ0) is 20.3. The fourth-order valence-electron chi connectivity index (χ4n) is 4.11. The molecule has 0 amide bonds. The van der Waals surface area contributed by atoms with Crippen LogP contribution < -0.4 is 4.90 Å². The van der Waals surface area contributed by atoms with Crippen molar-refractivity contribution in [2.75, 3.05) is 11.9 Å². The van der Waals surface area contributed by atoms with E-state index >= 15 is 0 Å². The predicted molar refractivity (Wildman–Crippen MR) is 107 cm³/mol. The summed E-state index contributed by atoms with van der Waals surface area (Å²) in [6.07, 6.45) is 3.54. The third-order valence-electron chi connectivity index (χ3n) is 5.61. The predicted octanol–water partition coefficient (Wildman–Crippen LogP) is 3.47. The quantitative estimate of drug-likeness (QED) is 0.499. The Morgan fingerprint density at radius 3 is 2.90 bits per heavy atom. The molecule has 2 bridgehead atoms. The van der Waals surface area contributed by atoms with Crippen LogP contribution in [0.4, 0.5) is 10.2 Å². The largest absolute Gasteiger partial charge is 0.353 e. The molecule has 144 valence electrons. The summed E-state index contributed by atoms with van der Waals surface area (Å²) >= 11 is 0. The number of anilines is 1. The van der Waals surface area contributed by atoms with Crippen LogP contribution in [0.1, 0.15) is 35.2 Å². The second-order valence-corrected chi connectivity index (χ2v) is 7.40. The molecule has 0 unspecified atom stereocenters. The molecule has 0 radical (unpaired) electrons. The van der Waals surface area contributed by atoms with Gasteiger partial charge in [-0.2, -0.15) is 10.4 Å². The molecule has 5 rings (SSSR count). The molecule has 7 nitrogen and oxygen atoms in total. The minimum atomic E-state index is -0.273. The van der Waals surface area contributed by atoms with E-state index in [4.69, 9.17) is 4.98 Å². The van der Waals surface area contributed by atoms with Crippen molar-refractivity contribution in [1.29, 1.82) is 5.26 Å². The SMILES string of the molecule is C[C@@H]1c2cc(F)ccc2CN(C)c2nn(C)c(C#N)c2-c2cnc3[nH]cc1c3n2. The van der Waals surface area contributed by atoms with E-state index in [-0.39, 0.29) is 11.7 Å². The smallest absolute Gasteiger partial charge is 0.161 e. The summed E-state index contributed by atoms with van der Waals surface area (Å²) in [5, 5.41) is 14.3. The Balaban J connectivity index is 1.88. The molecule has 0 fully saturated rings. The molecule has 1 atom stereocenters. The maximum Gasteiger partial charge on any atom is 0.161 e. The number of hydrogen-bond donors (Lipinski definition) is 1. The fraction of sp³-hybridized carbons (Fsp3) is 0.238. The van der Waals surface area contributed by atoms with Crippen molar-refractivity contribution in [3.63, 3.8) is 0 Å². The summed E-state index contributed by atoms with van der Waals surface area (Å²) in [6.45, 7) is 2.56. The van der Waals surface area contributed by atoms with Gasteiger partial charge in [0.25, 0.3) is 0 Å². The van der Waals surface area contributed by atoms with Gasteiger partial charge in [-0.3, -0.25) is 4.68 Å². The molecule has 4 heterocycles. The Kier molecular flexibility index (Phi) is 3.68. The minimum Gasteiger partial charge on any atom is -0.353 e. The third-order valence-corrected chi connectivity index (χ3v) is 5.61. The van der Waals surface area contributed by atoms with Crippen LogP contribution >= 0.6 is 0 Å². The number of halogens is 1.